The van der Waals surface area contributed by atoms with E-state index in [9.17, 15) is 9.90 Å². The molecule has 1 aromatic heterocycles. The lowest BCUT2D eigenvalue weighted by molar-refractivity contribution is -0.122. The monoisotopic (exact) mass is 350 g/mol. The number of aromatic nitrogens is 1. The molecule has 0 saturated heterocycles. The molecule has 0 aliphatic rings. The molecular formula is C19H18N4O3. The molecule has 0 aliphatic carbocycles. The van der Waals surface area contributed by atoms with Gasteiger partial charge in [0, 0.05) is 5.39 Å². The highest BCUT2D eigenvalue weighted by Gasteiger charge is 2.10. The predicted octanol–water partition coefficient (Wildman–Crippen LogP) is 4.23. The van der Waals surface area contributed by atoms with Crippen molar-refractivity contribution in [3.05, 3.63) is 59.7 Å². The van der Waals surface area contributed by atoms with E-state index in [0.29, 0.717) is 16.6 Å². The fourth-order valence-electron chi connectivity index (χ4n) is 2.38. The normalized spacial score (nSPS) is 12.0. The van der Waals surface area contributed by atoms with Crippen LogP contribution in [0.1, 0.15) is 18.1 Å². The quantitative estimate of drug-likeness (QED) is 0.409. The Bertz CT molecular complexity index is 988. The van der Waals surface area contributed by atoms with Crippen LogP contribution in [-0.2, 0) is 9.63 Å². The Labute approximate surface area is 150 Å². The Morgan fingerprint density at radius 1 is 1.15 bits per heavy atom. The fraction of sp³-hybridized carbons (Fsp3) is 0.158. The van der Waals surface area contributed by atoms with Gasteiger partial charge in [0.2, 0.25) is 5.88 Å². The number of carbonyl (C=O) groups is 1. The van der Waals surface area contributed by atoms with Crippen LogP contribution in [0, 0.1) is 6.92 Å². The Balaban J connectivity index is 1.61. The predicted molar refractivity (Wildman–Crippen MR) is 98.8 cm³/mol. The number of aromatic hydroxyl groups is 1. The first-order valence-electron chi connectivity index (χ1n) is 8.02. The first-order valence-corrected chi connectivity index (χ1v) is 8.02. The number of fused-ring (bicyclic) bond motifs is 1. The highest BCUT2D eigenvalue weighted by atomic mass is 16.6. The van der Waals surface area contributed by atoms with Crippen molar-refractivity contribution in [1.82, 2.24) is 4.98 Å². The van der Waals surface area contributed by atoms with E-state index < -0.39 is 5.91 Å². The molecule has 0 fully saturated rings. The minimum Gasteiger partial charge on any atom is -0.493 e. The van der Waals surface area contributed by atoms with E-state index in [1.807, 2.05) is 43.3 Å². The van der Waals surface area contributed by atoms with E-state index in [2.05, 4.69) is 20.4 Å². The van der Waals surface area contributed by atoms with Crippen LogP contribution >= 0.6 is 0 Å². The van der Waals surface area contributed by atoms with E-state index in [1.165, 1.54) is 0 Å². The lowest BCUT2D eigenvalue weighted by Gasteiger charge is -2.01. The molecule has 0 atom stereocenters. The number of nitrogens with zero attached hydrogens (tertiary/aromatic N) is 3. The number of nitrogens with one attached hydrogen (secondary N) is 1. The van der Waals surface area contributed by atoms with Gasteiger partial charge in [-0.05, 0) is 25.5 Å². The van der Waals surface area contributed by atoms with E-state index in [1.54, 1.807) is 19.1 Å². The summed E-state index contributed by atoms with van der Waals surface area (Å²) in [5.74, 6) is -0.743. The van der Waals surface area contributed by atoms with Gasteiger partial charge in [0.25, 0.3) is 0 Å². The summed E-state index contributed by atoms with van der Waals surface area (Å²) in [5, 5.41) is 21.9. The van der Waals surface area contributed by atoms with Crippen LogP contribution < -0.4 is 0 Å². The number of benzene rings is 2. The second kappa shape index (κ2) is 7.60. The molecule has 0 spiro atoms. The highest BCUT2D eigenvalue weighted by molar-refractivity contribution is 5.98. The molecule has 2 N–H and O–H groups in total. The lowest BCUT2D eigenvalue weighted by atomic mass is 10.1. The summed E-state index contributed by atoms with van der Waals surface area (Å²) in [5.41, 5.74) is 3.64. The Hall–Kier alpha value is -3.48. The van der Waals surface area contributed by atoms with Gasteiger partial charge in [-0.2, -0.15) is 0 Å². The first kappa shape index (κ1) is 17.3. The molecule has 0 radical (unpaired) electrons. The fourth-order valence-corrected chi connectivity index (χ4v) is 2.38. The lowest BCUT2D eigenvalue weighted by Crippen LogP contribution is -2.04. The zero-order valence-corrected chi connectivity index (χ0v) is 14.4. The molecule has 0 bridgehead atoms. The average molecular weight is 350 g/mol. The maximum Gasteiger partial charge on any atom is 0.304 e. The topological polar surface area (TPSA) is 99.4 Å². The summed E-state index contributed by atoms with van der Waals surface area (Å²) in [6.45, 7) is 3.46. The van der Waals surface area contributed by atoms with Crippen molar-refractivity contribution >= 4 is 28.2 Å². The van der Waals surface area contributed by atoms with Crippen LogP contribution in [0.2, 0.25) is 0 Å². The van der Waals surface area contributed by atoms with Crippen LogP contribution in [0.25, 0.3) is 10.9 Å². The molecule has 0 saturated carbocycles. The van der Waals surface area contributed by atoms with E-state index in [0.717, 1.165) is 11.1 Å². The minimum atomic E-state index is -0.602. The van der Waals surface area contributed by atoms with Crippen molar-refractivity contribution in [3.8, 4) is 5.88 Å². The summed E-state index contributed by atoms with van der Waals surface area (Å²) in [7, 11) is 0. The van der Waals surface area contributed by atoms with Crippen LogP contribution in [-0.4, -0.2) is 28.3 Å². The van der Waals surface area contributed by atoms with E-state index >= 15 is 0 Å². The van der Waals surface area contributed by atoms with Gasteiger partial charge in [0.1, 0.15) is 0 Å². The summed E-state index contributed by atoms with van der Waals surface area (Å²) >= 11 is 0. The Morgan fingerprint density at radius 2 is 1.88 bits per heavy atom. The Kier molecular flexibility index (Phi) is 5.07. The maximum atomic E-state index is 11.8. The SMILES string of the molecule is CC(=NOCC(=O)N=Nc1c(O)[nH]c2ccccc12)c1ccc(C)cc1. The second-order valence-corrected chi connectivity index (χ2v) is 5.78. The number of carbonyl (C=O) groups excluding carboxylic acids is 1. The zero-order valence-electron chi connectivity index (χ0n) is 14.4. The van der Waals surface area contributed by atoms with Crippen molar-refractivity contribution in [2.24, 2.45) is 15.4 Å². The first-order chi connectivity index (χ1) is 12.5. The third kappa shape index (κ3) is 3.94. The number of hydrogen-bond acceptors (Lipinski definition) is 5. The summed E-state index contributed by atoms with van der Waals surface area (Å²) < 4.78 is 0. The molecule has 0 aliphatic heterocycles. The standard InChI is InChI=1S/C19H18N4O3/c1-12-7-9-14(10-8-12)13(2)23-26-11-17(24)21-22-18-15-5-3-4-6-16(15)20-19(18)25/h3-10,20,25H,11H2,1-2H3. The second-order valence-electron chi connectivity index (χ2n) is 5.78. The van der Waals surface area contributed by atoms with Crippen molar-refractivity contribution in [3.63, 3.8) is 0 Å². The molecule has 2 aromatic carbocycles. The number of hydrogen-bond donors (Lipinski definition) is 2. The van der Waals surface area contributed by atoms with Crippen LogP contribution in [0.15, 0.2) is 63.9 Å². The van der Waals surface area contributed by atoms with Crippen molar-refractivity contribution < 1.29 is 14.7 Å². The molecule has 3 rings (SSSR count). The third-order valence-corrected chi connectivity index (χ3v) is 3.78. The molecule has 7 nitrogen and oxygen atoms in total. The number of amides is 1. The summed E-state index contributed by atoms with van der Waals surface area (Å²) in [6, 6.07) is 15.0. The molecule has 1 heterocycles. The number of aryl methyl sites for hydroxylation is 1. The van der Waals surface area contributed by atoms with E-state index in [4.69, 9.17) is 4.84 Å². The number of H-pyrrole nitrogens is 1. The summed E-state index contributed by atoms with van der Waals surface area (Å²) in [4.78, 5) is 19.6. The van der Waals surface area contributed by atoms with Gasteiger partial charge in [-0.15, -0.1) is 10.2 Å². The van der Waals surface area contributed by atoms with Crippen molar-refractivity contribution in [2.75, 3.05) is 6.61 Å². The molecular weight excluding hydrogens is 332 g/mol. The van der Waals surface area contributed by atoms with Gasteiger partial charge in [-0.25, -0.2) is 0 Å². The van der Waals surface area contributed by atoms with Crippen molar-refractivity contribution in [2.45, 2.75) is 13.8 Å². The molecule has 3 aromatic rings. The largest absolute Gasteiger partial charge is 0.493 e. The highest BCUT2D eigenvalue weighted by Crippen LogP contribution is 2.35. The molecule has 0 unspecified atom stereocenters. The van der Waals surface area contributed by atoms with Gasteiger partial charge in [0.05, 0.1) is 11.2 Å². The molecule has 26 heavy (non-hydrogen) atoms. The number of oxime groups is 1. The van der Waals surface area contributed by atoms with Crippen LogP contribution in [0.5, 0.6) is 5.88 Å². The molecule has 132 valence electrons. The molecule has 1 amide bonds. The van der Waals surface area contributed by atoms with Crippen LogP contribution in [0.3, 0.4) is 0 Å². The number of aromatic amines is 1. The third-order valence-electron chi connectivity index (χ3n) is 3.78. The zero-order chi connectivity index (χ0) is 18.5. The van der Waals surface area contributed by atoms with E-state index in [-0.39, 0.29) is 18.2 Å². The van der Waals surface area contributed by atoms with Gasteiger partial charge >= 0.3 is 5.91 Å². The van der Waals surface area contributed by atoms with Crippen molar-refractivity contribution in [1.29, 1.82) is 0 Å². The summed E-state index contributed by atoms with van der Waals surface area (Å²) in [6.07, 6.45) is 0. The smallest absolute Gasteiger partial charge is 0.304 e. The minimum absolute atomic E-state index is 0.142. The van der Waals surface area contributed by atoms with Gasteiger partial charge < -0.3 is 14.9 Å². The van der Waals surface area contributed by atoms with Gasteiger partial charge in [0.15, 0.2) is 12.3 Å². The Morgan fingerprint density at radius 3 is 2.65 bits per heavy atom. The maximum absolute atomic E-state index is 11.8. The van der Waals surface area contributed by atoms with Crippen LogP contribution in [0.4, 0.5) is 5.69 Å². The average Bonchev–Trinajstić information content (AvgIpc) is 2.95. The van der Waals surface area contributed by atoms with Gasteiger partial charge in [-0.3, -0.25) is 4.79 Å². The number of rotatable bonds is 5. The van der Waals surface area contributed by atoms with Gasteiger partial charge in [-0.1, -0.05) is 53.2 Å². The number of para-hydroxylation sites is 1. The number of azo groups is 1. The molecule has 7 heteroatoms.